The van der Waals surface area contributed by atoms with Crippen molar-refractivity contribution >= 4 is 34.2 Å². The Morgan fingerprint density at radius 3 is 2.52 bits per heavy atom. The van der Waals surface area contributed by atoms with Gasteiger partial charge in [-0.1, -0.05) is 18.5 Å². The molecule has 0 radical (unpaired) electrons. The maximum atomic E-state index is 14.2. The van der Waals surface area contributed by atoms with Gasteiger partial charge in [-0.2, -0.15) is 0 Å². The highest BCUT2D eigenvalue weighted by atomic mass is 127. The second-order valence-electron chi connectivity index (χ2n) is 4.78. The van der Waals surface area contributed by atoms with Crippen molar-refractivity contribution in [2.75, 3.05) is 6.54 Å². The molecule has 2 aromatic carbocycles. The van der Waals surface area contributed by atoms with Gasteiger partial charge in [-0.05, 0) is 71.5 Å². The van der Waals surface area contributed by atoms with Crippen molar-refractivity contribution in [1.29, 1.82) is 0 Å². The predicted molar refractivity (Wildman–Crippen MR) is 90.8 cm³/mol. The predicted octanol–water partition coefficient (Wildman–Crippen LogP) is 5.23. The molecular weight excluding hydrogens is 407 g/mol. The van der Waals surface area contributed by atoms with E-state index in [2.05, 4.69) is 27.9 Å². The van der Waals surface area contributed by atoms with Gasteiger partial charge < -0.3 is 5.32 Å². The summed E-state index contributed by atoms with van der Waals surface area (Å²) in [5.74, 6) is -1.09. The third-order valence-corrected chi connectivity index (χ3v) is 4.48. The molecule has 0 aliphatic carbocycles. The van der Waals surface area contributed by atoms with E-state index >= 15 is 0 Å². The highest BCUT2D eigenvalue weighted by molar-refractivity contribution is 14.1. The normalized spacial score (nSPS) is 12.5. The molecule has 0 bridgehead atoms. The fraction of sp³-hybridized carbons (Fsp3) is 0.250. The number of halogens is 4. The summed E-state index contributed by atoms with van der Waals surface area (Å²) >= 11 is 8.25. The lowest BCUT2D eigenvalue weighted by Crippen LogP contribution is -2.24. The van der Waals surface area contributed by atoms with E-state index in [0.29, 0.717) is 22.7 Å². The zero-order chi connectivity index (χ0) is 15.6. The molecule has 5 heteroatoms. The molecule has 1 unspecified atom stereocenters. The Morgan fingerprint density at radius 1 is 1.14 bits per heavy atom. The molecule has 0 spiro atoms. The van der Waals surface area contributed by atoms with Crippen molar-refractivity contribution in [2.45, 2.75) is 19.9 Å². The minimum atomic E-state index is -0.556. The van der Waals surface area contributed by atoms with Gasteiger partial charge in [0.1, 0.15) is 11.6 Å². The minimum absolute atomic E-state index is 0.361. The minimum Gasteiger partial charge on any atom is -0.306 e. The summed E-state index contributed by atoms with van der Waals surface area (Å²) in [6, 6.07) is 7.62. The van der Waals surface area contributed by atoms with Gasteiger partial charge in [-0.3, -0.25) is 0 Å². The summed E-state index contributed by atoms with van der Waals surface area (Å²) in [5, 5.41) is 3.84. The van der Waals surface area contributed by atoms with Crippen LogP contribution in [0.25, 0.3) is 0 Å². The molecule has 2 rings (SSSR count). The highest BCUT2D eigenvalue weighted by Gasteiger charge is 2.21. The van der Waals surface area contributed by atoms with Crippen LogP contribution in [0.5, 0.6) is 0 Å². The van der Waals surface area contributed by atoms with E-state index in [-0.39, 0.29) is 6.04 Å². The van der Waals surface area contributed by atoms with Crippen molar-refractivity contribution in [2.24, 2.45) is 0 Å². The van der Waals surface area contributed by atoms with Gasteiger partial charge in [-0.25, -0.2) is 8.78 Å². The lowest BCUT2D eigenvalue weighted by atomic mass is 9.96. The summed E-state index contributed by atoms with van der Waals surface area (Å²) in [5.41, 5.74) is 1.73. The van der Waals surface area contributed by atoms with Gasteiger partial charge in [-0.15, -0.1) is 0 Å². The first kappa shape index (κ1) is 16.6. The van der Waals surface area contributed by atoms with Crippen LogP contribution in [0.1, 0.15) is 29.7 Å². The Morgan fingerprint density at radius 2 is 1.86 bits per heavy atom. The Balaban J connectivity index is 2.58. The van der Waals surface area contributed by atoms with E-state index in [0.717, 1.165) is 15.2 Å². The monoisotopic (exact) mass is 421 g/mol. The molecule has 0 saturated heterocycles. The maximum absolute atomic E-state index is 14.2. The Hall–Kier alpha value is -0.720. The summed E-state index contributed by atoms with van der Waals surface area (Å²) < 4.78 is 28.7. The van der Waals surface area contributed by atoms with Crippen molar-refractivity contribution in [3.63, 3.8) is 0 Å². The number of aryl methyl sites for hydroxylation is 1. The third kappa shape index (κ3) is 3.73. The van der Waals surface area contributed by atoms with Crippen molar-refractivity contribution in [1.82, 2.24) is 5.32 Å². The SMILES string of the molecule is CCNC(c1cc(C)c(F)cc1F)c1cc(Cl)ccc1I. The van der Waals surface area contributed by atoms with Gasteiger partial charge in [0.15, 0.2) is 0 Å². The average molecular weight is 422 g/mol. The summed E-state index contributed by atoms with van der Waals surface area (Å²) in [6.07, 6.45) is 0. The molecule has 0 fully saturated rings. The topological polar surface area (TPSA) is 12.0 Å². The van der Waals surface area contributed by atoms with Crippen LogP contribution in [0.2, 0.25) is 5.02 Å². The van der Waals surface area contributed by atoms with Crippen molar-refractivity contribution in [3.05, 3.63) is 67.2 Å². The lowest BCUT2D eigenvalue weighted by Gasteiger charge is -2.22. The van der Waals surface area contributed by atoms with Crippen LogP contribution in [0, 0.1) is 22.1 Å². The molecular formula is C16H15ClF2IN. The first-order valence-electron chi connectivity index (χ1n) is 6.58. The zero-order valence-electron chi connectivity index (χ0n) is 11.7. The molecule has 0 aliphatic heterocycles. The Labute approximate surface area is 141 Å². The highest BCUT2D eigenvalue weighted by Crippen LogP contribution is 2.31. The van der Waals surface area contributed by atoms with E-state index < -0.39 is 11.6 Å². The molecule has 1 atom stereocenters. The van der Waals surface area contributed by atoms with Crippen LogP contribution < -0.4 is 5.32 Å². The van der Waals surface area contributed by atoms with E-state index in [9.17, 15) is 8.78 Å². The average Bonchev–Trinajstić information content (AvgIpc) is 2.43. The molecule has 1 N–H and O–H groups in total. The number of hydrogen-bond acceptors (Lipinski definition) is 1. The molecule has 1 nitrogen and oxygen atoms in total. The molecule has 2 aromatic rings. The molecule has 21 heavy (non-hydrogen) atoms. The second kappa shape index (κ2) is 7.03. The number of hydrogen-bond donors (Lipinski definition) is 1. The largest absolute Gasteiger partial charge is 0.306 e. The summed E-state index contributed by atoms with van der Waals surface area (Å²) in [4.78, 5) is 0. The van der Waals surface area contributed by atoms with Crippen LogP contribution in [-0.2, 0) is 0 Å². The third-order valence-electron chi connectivity index (χ3n) is 3.27. The Bertz CT molecular complexity index is 661. The van der Waals surface area contributed by atoms with E-state index in [1.54, 1.807) is 19.1 Å². The van der Waals surface area contributed by atoms with Crippen LogP contribution >= 0.6 is 34.2 Å². The second-order valence-corrected chi connectivity index (χ2v) is 6.38. The first-order chi connectivity index (χ1) is 9.93. The number of rotatable bonds is 4. The van der Waals surface area contributed by atoms with E-state index in [1.807, 2.05) is 19.1 Å². The molecule has 0 saturated carbocycles. The van der Waals surface area contributed by atoms with Crippen molar-refractivity contribution in [3.8, 4) is 0 Å². The quantitative estimate of drug-likeness (QED) is 0.667. The van der Waals surface area contributed by atoms with Gasteiger partial charge >= 0.3 is 0 Å². The first-order valence-corrected chi connectivity index (χ1v) is 8.03. The van der Waals surface area contributed by atoms with Gasteiger partial charge in [0, 0.05) is 20.2 Å². The van der Waals surface area contributed by atoms with Gasteiger partial charge in [0.2, 0.25) is 0 Å². The zero-order valence-corrected chi connectivity index (χ0v) is 14.6. The fourth-order valence-corrected chi connectivity index (χ4v) is 3.06. The molecule has 0 heterocycles. The van der Waals surface area contributed by atoms with Crippen LogP contribution in [0.3, 0.4) is 0 Å². The van der Waals surface area contributed by atoms with Crippen LogP contribution in [-0.4, -0.2) is 6.54 Å². The number of benzene rings is 2. The number of nitrogens with one attached hydrogen (secondary N) is 1. The maximum Gasteiger partial charge on any atom is 0.131 e. The molecule has 0 amide bonds. The molecule has 112 valence electrons. The smallest absolute Gasteiger partial charge is 0.131 e. The standard InChI is InChI=1S/C16H15ClF2IN/c1-3-21-16(12-7-10(17)4-5-15(12)20)11-6-9(2)13(18)8-14(11)19/h4-8,16,21H,3H2,1-2H3. The lowest BCUT2D eigenvalue weighted by molar-refractivity contribution is 0.537. The van der Waals surface area contributed by atoms with Crippen molar-refractivity contribution < 1.29 is 8.78 Å². The van der Waals surface area contributed by atoms with E-state index in [1.165, 1.54) is 0 Å². The molecule has 0 aromatic heterocycles. The summed E-state index contributed by atoms with van der Waals surface area (Å²) in [7, 11) is 0. The van der Waals surface area contributed by atoms with Crippen LogP contribution in [0.15, 0.2) is 30.3 Å². The summed E-state index contributed by atoms with van der Waals surface area (Å²) in [6.45, 7) is 4.23. The van der Waals surface area contributed by atoms with Gasteiger partial charge in [0.05, 0.1) is 6.04 Å². The Kier molecular flexibility index (Phi) is 5.57. The van der Waals surface area contributed by atoms with Crippen LogP contribution in [0.4, 0.5) is 8.78 Å². The van der Waals surface area contributed by atoms with E-state index in [4.69, 9.17) is 11.6 Å². The molecule has 0 aliphatic rings. The van der Waals surface area contributed by atoms with Gasteiger partial charge in [0.25, 0.3) is 0 Å². The fourth-order valence-electron chi connectivity index (χ4n) is 2.23.